The highest BCUT2D eigenvalue weighted by molar-refractivity contribution is 7.75. The third-order valence-corrected chi connectivity index (χ3v) is 1.86. The first-order valence-corrected chi connectivity index (χ1v) is 4.22. The number of carbonyl (C=O) groups excluding carboxylic acids is 2. The van der Waals surface area contributed by atoms with Gasteiger partial charge < -0.3 is 8.37 Å². The predicted molar refractivity (Wildman–Crippen MR) is 53.1 cm³/mol. The van der Waals surface area contributed by atoms with E-state index in [4.69, 9.17) is 0 Å². The highest BCUT2D eigenvalue weighted by atomic mass is 32.1. The fraction of sp³-hybridized carbons (Fsp3) is 0.429. The van der Waals surface area contributed by atoms with Gasteiger partial charge in [-0.3, -0.25) is 0 Å². The SMILES string of the molecule is CC/C(C(=O)OS)=C(\C)C(=O)OS. The van der Waals surface area contributed by atoms with Crippen molar-refractivity contribution in [1.29, 1.82) is 0 Å². The molecule has 0 unspecified atom stereocenters. The summed E-state index contributed by atoms with van der Waals surface area (Å²) in [5.41, 5.74) is 0.408. The molecule has 0 saturated carbocycles. The summed E-state index contributed by atoms with van der Waals surface area (Å²) in [5, 5.41) is 0. The van der Waals surface area contributed by atoms with Crippen molar-refractivity contribution < 1.29 is 18.0 Å². The second-order valence-electron chi connectivity index (χ2n) is 2.21. The van der Waals surface area contributed by atoms with Crippen molar-refractivity contribution in [3.63, 3.8) is 0 Å². The summed E-state index contributed by atoms with van der Waals surface area (Å²) in [6.07, 6.45) is 0.369. The maximum atomic E-state index is 11.0. The van der Waals surface area contributed by atoms with E-state index in [9.17, 15) is 9.59 Å². The molecule has 0 spiro atoms. The van der Waals surface area contributed by atoms with Gasteiger partial charge in [-0.25, -0.2) is 9.59 Å². The molecule has 0 atom stereocenters. The molecule has 0 aliphatic heterocycles. The maximum Gasteiger partial charge on any atom is 0.346 e. The molecular formula is C7H10O4S2. The van der Waals surface area contributed by atoms with Crippen LogP contribution in [0.3, 0.4) is 0 Å². The Morgan fingerprint density at radius 1 is 1.15 bits per heavy atom. The molecule has 0 amide bonds. The first-order valence-electron chi connectivity index (χ1n) is 3.49. The first-order chi connectivity index (χ1) is 6.08. The van der Waals surface area contributed by atoms with Gasteiger partial charge in [0.25, 0.3) is 0 Å². The minimum absolute atomic E-state index is 0.177. The zero-order chi connectivity index (χ0) is 10.4. The van der Waals surface area contributed by atoms with E-state index in [0.717, 1.165) is 0 Å². The molecule has 4 nitrogen and oxygen atoms in total. The second kappa shape index (κ2) is 5.93. The zero-order valence-corrected chi connectivity index (χ0v) is 9.02. The molecule has 0 aromatic heterocycles. The number of thiol groups is 2. The van der Waals surface area contributed by atoms with Crippen LogP contribution in [0.4, 0.5) is 0 Å². The van der Waals surface area contributed by atoms with E-state index in [0.29, 0.717) is 6.42 Å². The maximum absolute atomic E-state index is 11.0. The smallest absolute Gasteiger partial charge is 0.346 e. The van der Waals surface area contributed by atoms with Crippen LogP contribution in [-0.4, -0.2) is 11.9 Å². The van der Waals surface area contributed by atoms with Crippen LogP contribution in [0.2, 0.25) is 0 Å². The van der Waals surface area contributed by atoms with Crippen molar-refractivity contribution in [2.45, 2.75) is 20.3 Å². The Labute approximate surface area is 87.5 Å². The van der Waals surface area contributed by atoms with Gasteiger partial charge in [0.1, 0.15) is 0 Å². The van der Waals surface area contributed by atoms with Gasteiger partial charge in [-0.1, -0.05) is 6.92 Å². The first kappa shape index (κ1) is 12.4. The number of rotatable bonds is 3. The van der Waals surface area contributed by atoms with Crippen molar-refractivity contribution in [1.82, 2.24) is 0 Å². The fourth-order valence-corrected chi connectivity index (χ4v) is 1.06. The van der Waals surface area contributed by atoms with Crippen LogP contribution in [0.15, 0.2) is 11.1 Å². The molecule has 0 heterocycles. The molecule has 0 aromatic carbocycles. The largest absolute Gasteiger partial charge is 0.391 e. The Balaban J connectivity index is 4.89. The van der Waals surface area contributed by atoms with E-state index in [2.05, 4.69) is 34.2 Å². The molecule has 0 bridgehead atoms. The standard InChI is InChI=1S/C7H10O4S2/c1-3-5(7(9)11-13)4(2)6(8)10-12/h12-13H,3H2,1-2H3/b5-4-. The molecule has 13 heavy (non-hydrogen) atoms. The van der Waals surface area contributed by atoms with Crippen molar-refractivity contribution in [3.05, 3.63) is 11.1 Å². The van der Waals surface area contributed by atoms with Gasteiger partial charge >= 0.3 is 11.9 Å². The topological polar surface area (TPSA) is 52.6 Å². The Bertz CT molecular complexity index is 247. The molecule has 0 N–H and O–H groups in total. The Morgan fingerprint density at radius 2 is 1.62 bits per heavy atom. The van der Waals surface area contributed by atoms with E-state index >= 15 is 0 Å². The molecule has 0 aliphatic carbocycles. The number of hydrogen-bond acceptors (Lipinski definition) is 6. The van der Waals surface area contributed by atoms with Gasteiger partial charge in [-0.15, -0.1) is 0 Å². The van der Waals surface area contributed by atoms with Crippen molar-refractivity contribution in [2.75, 3.05) is 0 Å². The molecule has 0 aromatic rings. The summed E-state index contributed by atoms with van der Waals surface area (Å²) < 4.78 is 8.34. The lowest BCUT2D eigenvalue weighted by atomic mass is 10.1. The van der Waals surface area contributed by atoms with Gasteiger partial charge in [0.2, 0.25) is 0 Å². The van der Waals surface area contributed by atoms with Crippen LogP contribution < -0.4 is 0 Å². The van der Waals surface area contributed by atoms with Crippen LogP contribution in [0.5, 0.6) is 0 Å². The predicted octanol–water partition coefficient (Wildman–Crippen LogP) is 1.49. The normalized spacial score (nSPS) is 11.7. The molecule has 6 heteroatoms. The van der Waals surface area contributed by atoms with Crippen LogP contribution in [0.1, 0.15) is 20.3 Å². The molecular weight excluding hydrogens is 212 g/mol. The highest BCUT2D eigenvalue weighted by Crippen LogP contribution is 2.13. The summed E-state index contributed by atoms with van der Waals surface area (Å²) in [6, 6.07) is 0. The van der Waals surface area contributed by atoms with E-state index in [1.807, 2.05) is 0 Å². The summed E-state index contributed by atoms with van der Waals surface area (Å²) in [4.78, 5) is 22.0. The summed E-state index contributed by atoms with van der Waals surface area (Å²) in [5.74, 6) is -1.32. The van der Waals surface area contributed by atoms with E-state index in [1.165, 1.54) is 6.92 Å². The van der Waals surface area contributed by atoms with Gasteiger partial charge in [0.15, 0.2) is 0 Å². The van der Waals surface area contributed by atoms with Crippen LogP contribution in [-0.2, 0) is 18.0 Å². The summed E-state index contributed by atoms with van der Waals surface area (Å²) in [7, 11) is 0. The third kappa shape index (κ3) is 3.31. The lowest BCUT2D eigenvalue weighted by Gasteiger charge is -2.04. The van der Waals surface area contributed by atoms with Crippen LogP contribution in [0, 0.1) is 0 Å². The van der Waals surface area contributed by atoms with Crippen molar-refractivity contribution in [2.24, 2.45) is 0 Å². The molecule has 0 saturated heterocycles. The van der Waals surface area contributed by atoms with Gasteiger partial charge in [0, 0.05) is 37.0 Å². The minimum atomic E-state index is -0.668. The Hall–Kier alpha value is -0.620. The molecule has 0 aliphatic rings. The molecule has 0 radical (unpaired) electrons. The highest BCUT2D eigenvalue weighted by Gasteiger charge is 2.17. The number of hydrogen-bond donors (Lipinski definition) is 2. The van der Waals surface area contributed by atoms with Gasteiger partial charge in [0.05, 0.1) is 0 Å². The zero-order valence-electron chi connectivity index (χ0n) is 7.23. The molecule has 74 valence electrons. The van der Waals surface area contributed by atoms with Crippen LogP contribution >= 0.6 is 25.8 Å². The van der Waals surface area contributed by atoms with Crippen molar-refractivity contribution in [3.8, 4) is 0 Å². The van der Waals surface area contributed by atoms with E-state index < -0.39 is 11.9 Å². The Kier molecular flexibility index (Phi) is 5.65. The van der Waals surface area contributed by atoms with Gasteiger partial charge in [-0.2, -0.15) is 0 Å². The van der Waals surface area contributed by atoms with Crippen LogP contribution in [0.25, 0.3) is 0 Å². The van der Waals surface area contributed by atoms with E-state index in [1.54, 1.807) is 6.92 Å². The summed E-state index contributed by atoms with van der Waals surface area (Å²) >= 11 is 6.68. The lowest BCUT2D eigenvalue weighted by molar-refractivity contribution is -0.131. The Morgan fingerprint density at radius 3 is 1.92 bits per heavy atom. The molecule has 0 fully saturated rings. The van der Waals surface area contributed by atoms with Gasteiger partial charge in [-0.05, 0) is 13.3 Å². The average Bonchev–Trinajstić information content (AvgIpc) is 2.17. The van der Waals surface area contributed by atoms with E-state index in [-0.39, 0.29) is 11.1 Å². The van der Waals surface area contributed by atoms with Crippen molar-refractivity contribution >= 4 is 37.8 Å². The quantitative estimate of drug-likeness (QED) is 0.431. The fourth-order valence-electron chi connectivity index (χ4n) is 0.809. The second-order valence-corrected chi connectivity index (χ2v) is 2.58. The summed E-state index contributed by atoms with van der Waals surface area (Å²) in [6.45, 7) is 3.18. The third-order valence-electron chi connectivity index (χ3n) is 1.52. The monoisotopic (exact) mass is 222 g/mol. The number of carbonyl (C=O) groups is 2. The lowest BCUT2D eigenvalue weighted by Crippen LogP contribution is -2.10. The molecule has 0 rings (SSSR count). The average molecular weight is 222 g/mol. The minimum Gasteiger partial charge on any atom is -0.391 e.